The molecular weight excluding hydrogens is 474 g/mol. The highest BCUT2D eigenvalue weighted by molar-refractivity contribution is 9.10. The predicted octanol–water partition coefficient (Wildman–Crippen LogP) is 4.14. The van der Waals surface area contributed by atoms with Crippen LogP contribution in [-0.4, -0.2) is 36.6 Å². The molecule has 0 aliphatic rings. The van der Waals surface area contributed by atoms with Gasteiger partial charge in [-0.15, -0.1) is 0 Å². The standard InChI is InChI=1S/C24H22BrN3O4/c1-2-31-23(29)15-32-22-8-7-19(25)12-17(22)11-18(13-26)24(30)27-10-9-16-14-28-21-6-4-3-5-20(16)21/h3-8,11-12,14,28H,2,9-10,15H2,1H3,(H,27,30)/b18-11-. The zero-order valence-electron chi connectivity index (χ0n) is 17.5. The van der Waals surface area contributed by atoms with Crippen molar-refractivity contribution in [2.24, 2.45) is 0 Å². The van der Waals surface area contributed by atoms with Crippen LogP contribution in [0.25, 0.3) is 17.0 Å². The molecule has 0 aliphatic carbocycles. The number of nitrogens with one attached hydrogen (secondary N) is 2. The molecule has 3 aromatic rings. The maximum absolute atomic E-state index is 12.6. The summed E-state index contributed by atoms with van der Waals surface area (Å²) in [4.78, 5) is 27.4. The number of esters is 1. The van der Waals surface area contributed by atoms with Crippen molar-refractivity contribution >= 4 is 44.8 Å². The Morgan fingerprint density at radius 2 is 2.06 bits per heavy atom. The normalized spacial score (nSPS) is 11.1. The highest BCUT2D eigenvalue weighted by Gasteiger charge is 2.13. The minimum atomic E-state index is -0.499. The zero-order valence-corrected chi connectivity index (χ0v) is 19.1. The summed E-state index contributed by atoms with van der Waals surface area (Å²) >= 11 is 3.37. The summed E-state index contributed by atoms with van der Waals surface area (Å²) in [5, 5.41) is 13.4. The highest BCUT2D eigenvalue weighted by Crippen LogP contribution is 2.26. The average Bonchev–Trinajstić information content (AvgIpc) is 3.20. The van der Waals surface area contributed by atoms with Gasteiger partial charge in [0.15, 0.2) is 6.61 Å². The first-order chi connectivity index (χ1) is 15.5. The molecule has 0 radical (unpaired) electrons. The first kappa shape index (κ1) is 23.1. The second-order valence-corrected chi connectivity index (χ2v) is 7.73. The predicted molar refractivity (Wildman–Crippen MR) is 125 cm³/mol. The lowest BCUT2D eigenvalue weighted by Crippen LogP contribution is -2.26. The van der Waals surface area contributed by atoms with Crippen LogP contribution in [0.4, 0.5) is 0 Å². The van der Waals surface area contributed by atoms with Crippen molar-refractivity contribution in [3.05, 3.63) is 69.8 Å². The molecular formula is C24H22BrN3O4. The van der Waals surface area contributed by atoms with Gasteiger partial charge >= 0.3 is 5.97 Å². The van der Waals surface area contributed by atoms with E-state index < -0.39 is 11.9 Å². The Morgan fingerprint density at radius 1 is 1.25 bits per heavy atom. The number of aromatic nitrogens is 1. The molecule has 1 heterocycles. The van der Waals surface area contributed by atoms with Gasteiger partial charge in [0, 0.05) is 33.7 Å². The fraction of sp³-hybridized carbons (Fsp3) is 0.208. The number of fused-ring (bicyclic) bond motifs is 1. The Labute approximate surface area is 194 Å². The molecule has 164 valence electrons. The third-order valence-corrected chi connectivity index (χ3v) is 5.14. The largest absolute Gasteiger partial charge is 0.481 e. The summed E-state index contributed by atoms with van der Waals surface area (Å²) in [5.74, 6) is -0.620. The second kappa shape index (κ2) is 11.2. The molecule has 0 fully saturated rings. The van der Waals surface area contributed by atoms with Crippen LogP contribution in [0.2, 0.25) is 0 Å². The first-order valence-electron chi connectivity index (χ1n) is 10.0. The first-order valence-corrected chi connectivity index (χ1v) is 10.8. The van der Waals surface area contributed by atoms with Gasteiger partial charge in [-0.25, -0.2) is 4.79 Å². The second-order valence-electron chi connectivity index (χ2n) is 6.81. The molecule has 0 unspecified atom stereocenters. The number of nitrogens with zero attached hydrogens (tertiary/aromatic N) is 1. The van der Waals surface area contributed by atoms with Crippen molar-refractivity contribution in [3.8, 4) is 11.8 Å². The van der Waals surface area contributed by atoms with Crippen molar-refractivity contribution in [1.29, 1.82) is 5.26 Å². The fourth-order valence-corrected chi connectivity index (χ4v) is 3.53. The number of hydrogen-bond acceptors (Lipinski definition) is 5. The Hall–Kier alpha value is -3.57. The van der Waals surface area contributed by atoms with E-state index in [9.17, 15) is 14.9 Å². The Morgan fingerprint density at radius 3 is 2.84 bits per heavy atom. The Bertz CT molecular complexity index is 1190. The number of carbonyl (C=O) groups excluding carboxylic acids is 2. The van der Waals surface area contributed by atoms with Gasteiger partial charge in [-0.1, -0.05) is 34.1 Å². The van der Waals surface area contributed by atoms with Crippen molar-refractivity contribution in [3.63, 3.8) is 0 Å². The van der Waals surface area contributed by atoms with Crippen LogP contribution in [-0.2, 0) is 20.7 Å². The number of hydrogen-bond donors (Lipinski definition) is 2. The number of amides is 1. The van der Waals surface area contributed by atoms with Crippen molar-refractivity contribution < 1.29 is 19.1 Å². The van der Waals surface area contributed by atoms with E-state index in [1.807, 2.05) is 36.5 Å². The molecule has 8 heteroatoms. The lowest BCUT2D eigenvalue weighted by molar-refractivity contribution is -0.145. The molecule has 32 heavy (non-hydrogen) atoms. The summed E-state index contributed by atoms with van der Waals surface area (Å²) in [7, 11) is 0. The molecule has 1 amide bonds. The number of carbonyl (C=O) groups is 2. The van der Waals surface area contributed by atoms with Crippen LogP contribution in [0.3, 0.4) is 0 Å². The minimum absolute atomic E-state index is 0.0667. The molecule has 2 N–H and O–H groups in total. The maximum Gasteiger partial charge on any atom is 0.344 e. The Kier molecular flexibility index (Phi) is 8.06. The van der Waals surface area contributed by atoms with E-state index in [0.29, 0.717) is 24.3 Å². The molecule has 3 rings (SSSR count). The Balaban J connectivity index is 1.68. The van der Waals surface area contributed by atoms with Crippen LogP contribution < -0.4 is 10.1 Å². The molecule has 7 nitrogen and oxygen atoms in total. The van der Waals surface area contributed by atoms with Crippen molar-refractivity contribution in [2.75, 3.05) is 19.8 Å². The average molecular weight is 496 g/mol. The van der Waals surface area contributed by atoms with Crippen LogP contribution in [0.5, 0.6) is 5.75 Å². The van der Waals surface area contributed by atoms with Crippen LogP contribution in [0.1, 0.15) is 18.1 Å². The van der Waals surface area contributed by atoms with E-state index in [4.69, 9.17) is 9.47 Å². The SMILES string of the molecule is CCOC(=O)COc1ccc(Br)cc1/C=C(/C#N)C(=O)NCCc1c[nH]c2ccccc12. The highest BCUT2D eigenvalue weighted by atomic mass is 79.9. The van der Waals surface area contributed by atoms with E-state index in [1.54, 1.807) is 25.1 Å². The van der Waals surface area contributed by atoms with Gasteiger partial charge in [-0.2, -0.15) is 5.26 Å². The molecule has 0 saturated heterocycles. The van der Waals surface area contributed by atoms with Gasteiger partial charge in [-0.3, -0.25) is 4.79 Å². The number of halogens is 1. The fourth-order valence-electron chi connectivity index (χ4n) is 3.15. The van der Waals surface area contributed by atoms with Crippen LogP contribution in [0.15, 0.2) is 58.7 Å². The lowest BCUT2D eigenvalue weighted by atomic mass is 10.1. The zero-order chi connectivity index (χ0) is 22.9. The van der Waals surface area contributed by atoms with Crippen LogP contribution in [0, 0.1) is 11.3 Å². The number of ether oxygens (including phenoxy) is 2. The van der Waals surface area contributed by atoms with E-state index in [1.165, 1.54) is 6.08 Å². The number of rotatable bonds is 9. The molecule has 1 aromatic heterocycles. The van der Waals surface area contributed by atoms with Crippen molar-refractivity contribution in [2.45, 2.75) is 13.3 Å². The van der Waals surface area contributed by atoms with E-state index in [2.05, 4.69) is 26.2 Å². The van der Waals surface area contributed by atoms with Gasteiger partial charge in [0.05, 0.1) is 6.61 Å². The van der Waals surface area contributed by atoms with Gasteiger partial charge in [0.1, 0.15) is 17.4 Å². The molecule has 0 bridgehead atoms. The minimum Gasteiger partial charge on any atom is -0.481 e. The lowest BCUT2D eigenvalue weighted by Gasteiger charge is -2.10. The van der Waals surface area contributed by atoms with Gasteiger partial charge in [-0.05, 0) is 49.2 Å². The monoisotopic (exact) mass is 495 g/mol. The van der Waals surface area contributed by atoms with Crippen LogP contribution >= 0.6 is 15.9 Å². The molecule has 0 saturated carbocycles. The van der Waals surface area contributed by atoms with E-state index in [-0.39, 0.29) is 18.8 Å². The number of aromatic amines is 1. The van der Waals surface area contributed by atoms with E-state index >= 15 is 0 Å². The van der Waals surface area contributed by atoms with Crippen molar-refractivity contribution in [1.82, 2.24) is 10.3 Å². The smallest absolute Gasteiger partial charge is 0.344 e. The number of H-pyrrole nitrogens is 1. The van der Waals surface area contributed by atoms with Gasteiger partial charge in [0.2, 0.25) is 0 Å². The number of benzene rings is 2. The summed E-state index contributed by atoms with van der Waals surface area (Å²) in [6.45, 7) is 2.08. The summed E-state index contributed by atoms with van der Waals surface area (Å²) in [6, 6.07) is 15.0. The number of para-hydroxylation sites is 1. The molecule has 2 aromatic carbocycles. The van der Waals surface area contributed by atoms with Gasteiger partial charge < -0.3 is 19.8 Å². The van der Waals surface area contributed by atoms with E-state index in [0.717, 1.165) is 20.9 Å². The third-order valence-electron chi connectivity index (χ3n) is 4.64. The number of nitriles is 1. The molecule has 0 spiro atoms. The molecule has 0 atom stereocenters. The topological polar surface area (TPSA) is 104 Å². The molecule has 0 aliphatic heterocycles. The maximum atomic E-state index is 12.6. The summed E-state index contributed by atoms with van der Waals surface area (Å²) < 4.78 is 11.1. The third kappa shape index (κ3) is 5.99. The van der Waals surface area contributed by atoms with Gasteiger partial charge in [0.25, 0.3) is 5.91 Å². The summed E-state index contributed by atoms with van der Waals surface area (Å²) in [6.07, 6.45) is 3.98. The summed E-state index contributed by atoms with van der Waals surface area (Å²) in [5.41, 5.74) is 2.55. The quantitative estimate of drug-likeness (QED) is 0.263.